The van der Waals surface area contributed by atoms with Crippen LogP contribution in [0.15, 0.2) is 21.2 Å². The van der Waals surface area contributed by atoms with Gasteiger partial charge in [-0.1, -0.05) is 0 Å². The van der Waals surface area contributed by atoms with E-state index in [1.165, 1.54) is 0 Å². The molecule has 1 fully saturated rings. The van der Waals surface area contributed by atoms with Crippen molar-refractivity contribution in [3.05, 3.63) is 22.6 Å². The maximum absolute atomic E-state index is 5.40. The number of hydrogen-bond acceptors (Lipinski definition) is 3. The summed E-state index contributed by atoms with van der Waals surface area (Å²) in [6.45, 7) is 2.38. The maximum Gasteiger partial charge on any atom is 0.169 e. The number of morpholine rings is 1. The number of ether oxygens (including phenoxy) is 1. The molecule has 0 spiro atoms. The molecule has 1 aromatic heterocycles. The Balaban J connectivity index is 0.000000845. The summed E-state index contributed by atoms with van der Waals surface area (Å²) in [6, 6.07) is 4.06. The van der Waals surface area contributed by atoms with E-state index in [9.17, 15) is 0 Å². The highest BCUT2D eigenvalue weighted by atomic mass is 79.9. The van der Waals surface area contributed by atoms with Gasteiger partial charge in [-0.2, -0.15) is 0 Å². The second-order valence-electron chi connectivity index (χ2n) is 2.72. The molecule has 0 aliphatic carbocycles. The van der Waals surface area contributed by atoms with Crippen molar-refractivity contribution >= 4 is 28.3 Å². The van der Waals surface area contributed by atoms with Crippen LogP contribution >= 0.6 is 28.3 Å². The Morgan fingerprint density at radius 1 is 1.46 bits per heavy atom. The third-order valence-electron chi connectivity index (χ3n) is 1.86. The van der Waals surface area contributed by atoms with Crippen LogP contribution < -0.4 is 5.32 Å². The molecule has 1 aliphatic heterocycles. The maximum atomic E-state index is 5.40. The predicted molar refractivity (Wildman–Crippen MR) is 55.2 cm³/mol. The van der Waals surface area contributed by atoms with E-state index in [1.54, 1.807) is 0 Å². The molecular formula is C8H11BrClNO2. The smallest absolute Gasteiger partial charge is 0.169 e. The molecular weight excluding hydrogens is 257 g/mol. The molecule has 1 aliphatic rings. The van der Waals surface area contributed by atoms with Crippen molar-refractivity contribution < 1.29 is 9.15 Å². The van der Waals surface area contributed by atoms with Crippen LogP contribution in [0.1, 0.15) is 11.8 Å². The highest BCUT2D eigenvalue weighted by Gasteiger charge is 2.17. The van der Waals surface area contributed by atoms with Crippen LogP contribution in [0.5, 0.6) is 0 Å². The van der Waals surface area contributed by atoms with E-state index in [-0.39, 0.29) is 18.4 Å². The van der Waals surface area contributed by atoms with Gasteiger partial charge in [-0.25, -0.2) is 0 Å². The first-order chi connectivity index (χ1) is 5.86. The van der Waals surface area contributed by atoms with Crippen molar-refractivity contribution in [2.45, 2.75) is 6.04 Å². The monoisotopic (exact) mass is 267 g/mol. The quantitative estimate of drug-likeness (QED) is 0.847. The fourth-order valence-corrected chi connectivity index (χ4v) is 1.58. The molecule has 0 aromatic carbocycles. The molecule has 0 bridgehead atoms. The van der Waals surface area contributed by atoms with Gasteiger partial charge in [0.15, 0.2) is 4.67 Å². The van der Waals surface area contributed by atoms with Gasteiger partial charge < -0.3 is 14.5 Å². The summed E-state index contributed by atoms with van der Waals surface area (Å²) < 4.78 is 11.5. The summed E-state index contributed by atoms with van der Waals surface area (Å²) in [6.07, 6.45) is 0. The summed E-state index contributed by atoms with van der Waals surface area (Å²) in [5, 5.41) is 3.31. The standard InChI is InChI=1S/C8H10BrNO2.ClH/c9-8-2-1-7(12-8)6-5-11-4-3-10-6;/h1-2,6,10H,3-5H2;1H/t6-;/m0./s1. The van der Waals surface area contributed by atoms with Crippen LogP contribution in [0.2, 0.25) is 0 Å². The Morgan fingerprint density at radius 3 is 2.85 bits per heavy atom. The number of hydrogen-bond donors (Lipinski definition) is 1. The van der Waals surface area contributed by atoms with Crippen molar-refractivity contribution in [2.24, 2.45) is 0 Å². The molecule has 3 nitrogen and oxygen atoms in total. The predicted octanol–water partition coefficient (Wildman–Crippen LogP) is 2.12. The zero-order valence-corrected chi connectivity index (χ0v) is 9.36. The molecule has 5 heteroatoms. The van der Waals surface area contributed by atoms with E-state index in [2.05, 4.69) is 21.2 Å². The van der Waals surface area contributed by atoms with E-state index in [4.69, 9.17) is 9.15 Å². The Kier molecular flexibility index (Phi) is 4.25. The fourth-order valence-electron chi connectivity index (χ4n) is 1.26. The van der Waals surface area contributed by atoms with E-state index in [1.807, 2.05) is 12.1 Å². The lowest BCUT2D eigenvalue weighted by Crippen LogP contribution is -2.34. The van der Waals surface area contributed by atoms with Gasteiger partial charge in [0.05, 0.1) is 19.3 Å². The van der Waals surface area contributed by atoms with Crippen molar-refractivity contribution in [3.8, 4) is 0 Å². The van der Waals surface area contributed by atoms with Crippen molar-refractivity contribution in [1.82, 2.24) is 5.32 Å². The molecule has 2 heterocycles. The number of halogens is 2. The molecule has 0 amide bonds. The zero-order chi connectivity index (χ0) is 8.39. The molecule has 1 saturated heterocycles. The van der Waals surface area contributed by atoms with Gasteiger partial charge in [0.2, 0.25) is 0 Å². The minimum absolute atomic E-state index is 0. The molecule has 0 radical (unpaired) electrons. The van der Waals surface area contributed by atoms with Crippen LogP contribution in [-0.4, -0.2) is 19.8 Å². The van der Waals surface area contributed by atoms with Crippen LogP contribution in [0.4, 0.5) is 0 Å². The Morgan fingerprint density at radius 2 is 2.31 bits per heavy atom. The van der Waals surface area contributed by atoms with Crippen LogP contribution in [-0.2, 0) is 4.74 Å². The lowest BCUT2D eigenvalue weighted by Gasteiger charge is -2.21. The normalized spacial score (nSPS) is 22.4. The summed E-state index contributed by atoms with van der Waals surface area (Å²) in [4.78, 5) is 0. The Hall–Kier alpha value is -0.0300. The molecule has 1 atom stereocenters. The summed E-state index contributed by atoms with van der Waals surface area (Å²) >= 11 is 3.26. The number of rotatable bonds is 1. The minimum atomic E-state index is 0. The number of furan rings is 1. The first kappa shape index (κ1) is 11.0. The molecule has 2 rings (SSSR count). The van der Waals surface area contributed by atoms with E-state index < -0.39 is 0 Å². The summed E-state index contributed by atoms with van der Waals surface area (Å²) in [7, 11) is 0. The summed E-state index contributed by atoms with van der Waals surface area (Å²) in [5.41, 5.74) is 0. The topological polar surface area (TPSA) is 34.4 Å². The average Bonchev–Trinajstić information content (AvgIpc) is 2.54. The van der Waals surface area contributed by atoms with Gasteiger partial charge in [0.25, 0.3) is 0 Å². The van der Waals surface area contributed by atoms with E-state index >= 15 is 0 Å². The van der Waals surface area contributed by atoms with Crippen LogP contribution in [0.3, 0.4) is 0 Å². The molecule has 74 valence electrons. The molecule has 1 aromatic rings. The summed E-state index contributed by atoms with van der Waals surface area (Å²) in [5.74, 6) is 0.932. The first-order valence-corrected chi connectivity index (χ1v) is 4.72. The average molecular weight is 269 g/mol. The second-order valence-corrected chi connectivity index (χ2v) is 3.51. The van der Waals surface area contributed by atoms with Gasteiger partial charge in [0.1, 0.15) is 5.76 Å². The van der Waals surface area contributed by atoms with Crippen molar-refractivity contribution in [1.29, 1.82) is 0 Å². The van der Waals surface area contributed by atoms with Crippen molar-refractivity contribution in [3.63, 3.8) is 0 Å². The first-order valence-electron chi connectivity index (χ1n) is 3.92. The van der Waals surface area contributed by atoms with Gasteiger partial charge in [-0.3, -0.25) is 0 Å². The molecule has 0 saturated carbocycles. The van der Waals surface area contributed by atoms with Crippen LogP contribution in [0, 0.1) is 0 Å². The van der Waals surface area contributed by atoms with E-state index in [0.717, 1.165) is 23.6 Å². The number of nitrogens with one attached hydrogen (secondary N) is 1. The van der Waals surface area contributed by atoms with Crippen molar-refractivity contribution in [2.75, 3.05) is 19.8 Å². The SMILES string of the molecule is Brc1ccc([C@@H]2COCCN2)o1.Cl. The minimum Gasteiger partial charge on any atom is -0.453 e. The lowest BCUT2D eigenvalue weighted by atomic mass is 10.2. The van der Waals surface area contributed by atoms with Gasteiger partial charge >= 0.3 is 0 Å². The Labute approximate surface area is 91.4 Å². The zero-order valence-electron chi connectivity index (χ0n) is 6.96. The lowest BCUT2D eigenvalue weighted by molar-refractivity contribution is 0.0696. The Bertz CT molecular complexity index is 260. The highest BCUT2D eigenvalue weighted by Crippen LogP contribution is 2.21. The fraction of sp³-hybridized carbons (Fsp3) is 0.500. The third-order valence-corrected chi connectivity index (χ3v) is 2.29. The van der Waals surface area contributed by atoms with Gasteiger partial charge in [-0.15, -0.1) is 12.4 Å². The third kappa shape index (κ3) is 2.71. The molecule has 0 unspecified atom stereocenters. The van der Waals surface area contributed by atoms with E-state index in [0.29, 0.717) is 6.61 Å². The second kappa shape index (κ2) is 5.00. The van der Waals surface area contributed by atoms with Gasteiger partial charge in [0, 0.05) is 6.54 Å². The van der Waals surface area contributed by atoms with Crippen LogP contribution in [0.25, 0.3) is 0 Å². The van der Waals surface area contributed by atoms with Gasteiger partial charge in [-0.05, 0) is 28.1 Å². The largest absolute Gasteiger partial charge is 0.453 e. The molecule has 13 heavy (non-hydrogen) atoms. The highest BCUT2D eigenvalue weighted by molar-refractivity contribution is 9.10. The molecule has 1 N–H and O–H groups in total.